The first-order valence-electron chi connectivity index (χ1n) is 6.77. The lowest BCUT2D eigenvalue weighted by Crippen LogP contribution is -2.20. The quantitative estimate of drug-likeness (QED) is 0.816. The summed E-state index contributed by atoms with van der Waals surface area (Å²) < 4.78 is 11.8. The maximum atomic E-state index is 5.91. The van der Waals surface area contributed by atoms with Crippen molar-refractivity contribution in [3.63, 3.8) is 0 Å². The standard InChI is InChI=1S/C17H17ClO2/c1-11-4-3-5-15-16(11)12(2)17(20-15)19-10-13-6-8-14(18)9-7-13/h3-9,12,17H,10H2,1-2H3. The Bertz CT molecular complexity index is 607. The van der Waals surface area contributed by atoms with E-state index in [0.717, 1.165) is 16.3 Å². The zero-order chi connectivity index (χ0) is 14.1. The first-order chi connectivity index (χ1) is 9.65. The van der Waals surface area contributed by atoms with Gasteiger partial charge in [-0.25, -0.2) is 0 Å². The first-order valence-corrected chi connectivity index (χ1v) is 7.15. The second kappa shape index (κ2) is 5.47. The van der Waals surface area contributed by atoms with Crippen LogP contribution in [0, 0.1) is 6.92 Å². The Kier molecular flexibility index (Phi) is 3.68. The van der Waals surface area contributed by atoms with Crippen LogP contribution >= 0.6 is 11.6 Å². The lowest BCUT2D eigenvalue weighted by molar-refractivity contribution is -0.0876. The number of rotatable bonds is 3. The number of hydrogen-bond acceptors (Lipinski definition) is 2. The van der Waals surface area contributed by atoms with Crippen LogP contribution in [0.4, 0.5) is 0 Å². The fourth-order valence-corrected chi connectivity index (χ4v) is 2.77. The van der Waals surface area contributed by atoms with Gasteiger partial charge in [0, 0.05) is 16.5 Å². The van der Waals surface area contributed by atoms with E-state index >= 15 is 0 Å². The van der Waals surface area contributed by atoms with Gasteiger partial charge in [-0.3, -0.25) is 0 Å². The van der Waals surface area contributed by atoms with Crippen molar-refractivity contribution in [2.24, 2.45) is 0 Å². The minimum Gasteiger partial charge on any atom is -0.464 e. The molecule has 0 spiro atoms. The molecule has 0 amide bonds. The van der Waals surface area contributed by atoms with Gasteiger partial charge in [-0.05, 0) is 36.2 Å². The van der Waals surface area contributed by atoms with Gasteiger partial charge in [-0.15, -0.1) is 0 Å². The summed E-state index contributed by atoms with van der Waals surface area (Å²) in [5, 5.41) is 0.738. The molecule has 1 aliphatic heterocycles. The summed E-state index contributed by atoms with van der Waals surface area (Å²) in [6, 6.07) is 13.8. The maximum absolute atomic E-state index is 5.91. The molecule has 1 aliphatic rings. The van der Waals surface area contributed by atoms with Crippen LogP contribution in [-0.4, -0.2) is 6.29 Å². The number of halogens is 1. The molecule has 0 radical (unpaired) electrons. The Morgan fingerprint density at radius 3 is 2.60 bits per heavy atom. The fraction of sp³-hybridized carbons (Fsp3) is 0.294. The third-order valence-corrected chi connectivity index (χ3v) is 3.97. The van der Waals surface area contributed by atoms with E-state index in [1.807, 2.05) is 36.4 Å². The maximum Gasteiger partial charge on any atom is 0.206 e. The predicted octanol–water partition coefficient (Wildman–Crippen LogP) is 4.69. The third-order valence-electron chi connectivity index (χ3n) is 3.72. The minimum absolute atomic E-state index is 0.221. The summed E-state index contributed by atoms with van der Waals surface area (Å²) >= 11 is 5.87. The highest BCUT2D eigenvalue weighted by Crippen LogP contribution is 2.40. The van der Waals surface area contributed by atoms with Gasteiger partial charge in [0.1, 0.15) is 5.75 Å². The molecule has 0 saturated heterocycles. The molecule has 0 aliphatic carbocycles. The molecular formula is C17H17ClO2. The van der Waals surface area contributed by atoms with Crippen molar-refractivity contribution in [2.45, 2.75) is 32.7 Å². The Morgan fingerprint density at radius 1 is 1.15 bits per heavy atom. The van der Waals surface area contributed by atoms with Crippen LogP contribution in [0.1, 0.15) is 29.5 Å². The van der Waals surface area contributed by atoms with E-state index in [4.69, 9.17) is 21.1 Å². The fourth-order valence-electron chi connectivity index (χ4n) is 2.64. The van der Waals surface area contributed by atoms with Crippen molar-refractivity contribution in [3.8, 4) is 5.75 Å². The van der Waals surface area contributed by atoms with E-state index < -0.39 is 0 Å². The largest absolute Gasteiger partial charge is 0.464 e. The normalized spacial score (nSPS) is 20.6. The summed E-state index contributed by atoms with van der Waals surface area (Å²) in [5.41, 5.74) is 3.61. The number of ether oxygens (including phenoxy) is 2. The molecule has 3 heteroatoms. The number of aryl methyl sites for hydroxylation is 1. The van der Waals surface area contributed by atoms with E-state index in [0.29, 0.717) is 6.61 Å². The lowest BCUT2D eigenvalue weighted by Gasteiger charge is -2.16. The van der Waals surface area contributed by atoms with Gasteiger partial charge in [-0.1, -0.05) is 42.8 Å². The lowest BCUT2D eigenvalue weighted by atomic mass is 9.97. The molecule has 0 aromatic heterocycles. The van der Waals surface area contributed by atoms with Gasteiger partial charge in [0.15, 0.2) is 0 Å². The number of hydrogen-bond donors (Lipinski definition) is 0. The van der Waals surface area contributed by atoms with Crippen LogP contribution in [0.2, 0.25) is 5.02 Å². The number of fused-ring (bicyclic) bond motifs is 1. The van der Waals surface area contributed by atoms with Crippen LogP contribution < -0.4 is 4.74 Å². The Labute approximate surface area is 124 Å². The highest BCUT2D eigenvalue weighted by molar-refractivity contribution is 6.30. The molecule has 2 aromatic carbocycles. The summed E-state index contributed by atoms with van der Waals surface area (Å²) in [4.78, 5) is 0. The van der Waals surface area contributed by atoms with E-state index in [1.54, 1.807) is 0 Å². The molecule has 2 aromatic rings. The Morgan fingerprint density at radius 2 is 1.90 bits per heavy atom. The molecule has 1 heterocycles. The van der Waals surface area contributed by atoms with Gasteiger partial charge < -0.3 is 9.47 Å². The minimum atomic E-state index is -0.221. The molecule has 2 nitrogen and oxygen atoms in total. The topological polar surface area (TPSA) is 18.5 Å². The van der Waals surface area contributed by atoms with Crippen molar-refractivity contribution < 1.29 is 9.47 Å². The van der Waals surface area contributed by atoms with Crippen molar-refractivity contribution in [1.82, 2.24) is 0 Å². The average molecular weight is 289 g/mol. The molecule has 0 bridgehead atoms. The van der Waals surface area contributed by atoms with Crippen LogP contribution in [0.15, 0.2) is 42.5 Å². The van der Waals surface area contributed by atoms with Gasteiger partial charge in [0.25, 0.3) is 0 Å². The van der Waals surface area contributed by atoms with E-state index in [1.165, 1.54) is 11.1 Å². The van der Waals surface area contributed by atoms with Gasteiger partial charge in [-0.2, -0.15) is 0 Å². The molecule has 0 saturated carbocycles. The number of benzene rings is 2. The highest BCUT2D eigenvalue weighted by Gasteiger charge is 2.32. The van der Waals surface area contributed by atoms with Crippen LogP contribution in [0.25, 0.3) is 0 Å². The average Bonchev–Trinajstić information content (AvgIpc) is 2.76. The molecule has 2 atom stereocenters. The Balaban J connectivity index is 1.69. The first kappa shape index (κ1) is 13.5. The molecule has 0 fully saturated rings. The Hall–Kier alpha value is -1.51. The molecule has 20 heavy (non-hydrogen) atoms. The summed E-state index contributed by atoms with van der Waals surface area (Å²) in [6.45, 7) is 4.78. The summed E-state index contributed by atoms with van der Waals surface area (Å²) in [7, 11) is 0. The van der Waals surface area contributed by atoms with Crippen LogP contribution in [-0.2, 0) is 11.3 Å². The van der Waals surface area contributed by atoms with Crippen LogP contribution in [0.5, 0.6) is 5.75 Å². The van der Waals surface area contributed by atoms with Crippen molar-refractivity contribution >= 4 is 11.6 Å². The molecule has 0 N–H and O–H groups in total. The molecule has 2 unspecified atom stereocenters. The van der Waals surface area contributed by atoms with E-state index in [9.17, 15) is 0 Å². The third kappa shape index (κ3) is 2.54. The summed E-state index contributed by atoms with van der Waals surface area (Å²) in [6.07, 6.45) is -0.221. The second-order valence-electron chi connectivity index (χ2n) is 5.20. The van der Waals surface area contributed by atoms with E-state index in [2.05, 4.69) is 19.9 Å². The SMILES string of the molecule is Cc1cccc2c1C(C)C(OCc1ccc(Cl)cc1)O2. The zero-order valence-corrected chi connectivity index (χ0v) is 12.4. The van der Waals surface area contributed by atoms with Gasteiger partial charge >= 0.3 is 0 Å². The second-order valence-corrected chi connectivity index (χ2v) is 5.64. The zero-order valence-electron chi connectivity index (χ0n) is 11.6. The summed E-state index contributed by atoms with van der Waals surface area (Å²) in [5.74, 6) is 1.19. The van der Waals surface area contributed by atoms with Gasteiger partial charge in [0.05, 0.1) is 6.61 Å². The highest BCUT2D eigenvalue weighted by atomic mass is 35.5. The van der Waals surface area contributed by atoms with Crippen molar-refractivity contribution in [1.29, 1.82) is 0 Å². The van der Waals surface area contributed by atoms with Crippen LogP contribution in [0.3, 0.4) is 0 Å². The molecule has 3 rings (SSSR count). The molecular weight excluding hydrogens is 272 g/mol. The predicted molar refractivity (Wildman–Crippen MR) is 80.3 cm³/mol. The van der Waals surface area contributed by atoms with E-state index in [-0.39, 0.29) is 12.2 Å². The van der Waals surface area contributed by atoms with Crippen molar-refractivity contribution in [3.05, 3.63) is 64.2 Å². The monoisotopic (exact) mass is 288 g/mol. The van der Waals surface area contributed by atoms with Crippen molar-refractivity contribution in [2.75, 3.05) is 0 Å². The molecule has 104 valence electrons. The van der Waals surface area contributed by atoms with Gasteiger partial charge in [0.2, 0.25) is 6.29 Å². The smallest absolute Gasteiger partial charge is 0.206 e.